The molecular formula is C54H60Br2N2O10. The summed E-state index contributed by atoms with van der Waals surface area (Å²) in [6, 6.07) is 26.7. The van der Waals surface area contributed by atoms with Crippen LogP contribution in [0.15, 0.2) is 84.9 Å². The summed E-state index contributed by atoms with van der Waals surface area (Å²) in [5.74, 6) is 0.528. The second-order valence-corrected chi connectivity index (χ2v) is 18.9. The highest BCUT2D eigenvalue weighted by Gasteiger charge is 2.35. The van der Waals surface area contributed by atoms with Gasteiger partial charge in [0.05, 0.1) is 56.5 Å². The molecule has 0 amide bonds. The number of phenols is 1. The number of rotatable bonds is 10. The van der Waals surface area contributed by atoms with Gasteiger partial charge in [0, 0.05) is 38.3 Å². The number of methoxy groups -OCH3 is 2. The van der Waals surface area contributed by atoms with Crippen molar-refractivity contribution < 1.29 is 48.0 Å². The molecule has 2 aromatic heterocycles. The average Bonchev–Trinajstić information content (AvgIpc) is 3.85. The number of carbonyl (C=O) groups excluding carboxylic acids is 4. The summed E-state index contributed by atoms with van der Waals surface area (Å²) < 4.78 is 28.2. The molecule has 2 saturated carbocycles. The van der Waals surface area contributed by atoms with E-state index in [-0.39, 0.29) is 34.5 Å². The predicted molar refractivity (Wildman–Crippen MR) is 271 cm³/mol. The molecule has 0 saturated heterocycles. The minimum absolute atomic E-state index is 0.211. The standard InChI is InChI=1S/C27H29NO5.C22H23NO3.C5H8Br2O2/c1-3-32-27(30)23-16-28-21-15-18(26(29)31-2)13-14-19(21)24(17-9-5-4-6-10-17)25(28)20-11-7-8-12-22(20)33-23;1-26-22(25)15-11-12-16-18(13-15)23-21(17-9-5-6-10-19(17)24)20(16)14-7-3-2-4-8-14;1-2-9-5(8)4(7)3-6/h7-8,11-15,17,23H,3-6,9-10,16H2,1-2H3;5-6,9-14,23-24H,2-4,7-8H2,1H3;4H,2-3H2,1H3. The molecule has 2 N–H and O–H groups in total. The number of nitrogens with zero attached hydrogens (tertiary/aromatic N) is 1. The Balaban J connectivity index is 0.000000174. The molecule has 2 unspecified atom stereocenters. The third-order valence-corrected chi connectivity index (χ3v) is 15.2. The number of alkyl halides is 2. The topological polar surface area (TPSA) is 155 Å². The van der Waals surface area contributed by atoms with Crippen LogP contribution in [0.25, 0.3) is 44.3 Å². The molecule has 0 spiro atoms. The largest absolute Gasteiger partial charge is 0.507 e. The lowest BCUT2D eigenvalue weighted by atomic mass is 9.81. The number of aromatic hydroxyl groups is 1. The highest BCUT2D eigenvalue weighted by Crippen LogP contribution is 2.48. The quantitative estimate of drug-likeness (QED) is 0.0769. The normalized spacial score (nSPS) is 16.3. The number of carbonyl (C=O) groups is 4. The maximum atomic E-state index is 12.8. The van der Waals surface area contributed by atoms with Gasteiger partial charge in [-0.25, -0.2) is 14.4 Å². The number of aromatic amines is 1. The van der Waals surface area contributed by atoms with Crippen LogP contribution in [0.2, 0.25) is 0 Å². The van der Waals surface area contributed by atoms with Gasteiger partial charge in [0.2, 0.25) is 6.10 Å². The van der Waals surface area contributed by atoms with Crippen LogP contribution in [0.1, 0.15) is 122 Å². The Labute approximate surface area is 414 Å². The zero-order chi connectivity index (χ0) is 48.3. The number of esters is 4. The van der Waals surface area contributed by atoms with Gasteiger partial charge in [0.25, 0.3) is 0 Å². The number of fused-ring (bicyclic) bond motifs is 6. The maximum absolute atomic E-state index is 12.8. The van der Waals surface area contributed by atoms with Gasteiger partial charge in [-0.3, -0.25) is 4.79 Å². The Hall–Kier alpha value is -5.60. The van der Waals surface area contributed by atoms with E-state index in [4.69, 9.17) is 18.9 Å². The Morgan fingerprint density at radius 1 is 0.735 bits per heavy atom. The molecule has 1 aliphatic heterocycles. The van der Waals surface area contributed by atoms with E-state index >= 15 is 0 Å². The van der Waals surface area contributed by atoms with Gasteiger partial charge >= 0.3 is 23.9 Å². The molecule has 4 aromatic carbocycles. The summed E-state index contributed by atoms with van der Waals surface area (Å²) in [5, 5.41) is 13.2. The fourth-order valence-electron chi connectivity index (χ4n) is 9.86. The van der Waals surface area contributed by atoms with E-state index in [9.17, 15) is 24.3 Å². The number of hydrogen-bond donors (Lipinski definition) is 2. The fraction of sp³-hybridized carbons (Fsp3) is 0.407. The van der Waals surface area contributed by atoms with Crippen molar-refractivity contribution in [1.29, 1.82) is 0 Å². The van der Waals surface area contributed by atoms with Gasteiger partial charge in [-0.15, -0.1) is 0 Å². The molecule has 2 aliphatic carbocycles. The van der Waals surface area contributed by atoms with Gasteiger partial charge in [-0.2, -0.15) is 0 Å². The second-order valence-electron chi connectivity index (χ2n) is 17.2. The van der Waals surface area contributed by atoms with Gasteiger partial charge in [0.1, 0.15) is 16.3 Å². The van der Waals surface area contributed by atoms with Gasteiger partial charge in [-0.05, 0) is 111 Å². The van der Waals surface area contributed by atoms with Gasteiger partial charge in [-0.1, -0.05) is 107 Å². The van der Waals surface area contributed by atoms with Crippen molar-refractivity contribution in [1.82, 2.24) is 9.55 Å². The van der Waals surface area contributed by atoms with Crippen molar-refractivity contribution in [3.63, 3.8) is 0 Å². The van der Waals surface area contributed by atoms with E-state index in [0.717, 1.165) is 70.0 Å². The highest BCUT2D eigenvalue weighted by molar-refractivity contribution is 9.12. The molecule has 68 heavy (non-hydrogen) atoms. The maximum Gasteiger partial charge on any atom is 0.349 e. The first kappa shape index (κ1) is 50.3. The second kappa shape index (κ2) is 23.6. The molecule has 6 aromatic rings. The van der Waals surface area contributed by atoms with Gasteiger partial charge in [0.15, 0.2) is 0 Å². The highest BCUT2D eigenvalue weighted by atomic mass is 79.9. The van der Waals surface area contributed by atoms with Crippen LogP contribution < -0.4 is 4.74 Å². The average molecular weight is 1060 g/mol. The zero-order valence-corrected chi connectivity index (χ0v) is 42.3. The van der Waals surface area contributed by atoms with Crippen LogP contribution in [0, 0.1) is 0 Å². The molecule has 0 bridgehead atoms. The number of H-pyrrole nitrogens is 1. The predicted octanol–water partition coefficient (Wildman–Crippen LogP) is 12.5. The summed E-state index contributed by atoms with van der Waals surface area (Å²) in [7, 11) is 2.78. The number of hydrogen-bond acceptors (Lipinski definition) is 10. The Kier molecular flexibility index (Phi) is 17.5. The van der Waals surface area contributed by atoms with Crippen LogP contribution >= 0.6 is 31.9 Å². The zero-order valence-electron chi connectivity index (χ0n) is 39.1. The lowest BCUT2D eigenvalue weighted by Crippen LogP contribution is -2.33. The molecule has 2 atom stereocenters. The summed E-state index contributed by atoms with van der Waals surface area (Å²) in [6.07, 6.45) is 11.3. The first-order valence-corrected chi connectivity index (χ1v) is 25.6. The van der Waals surface area contributed by atoms with Crippen LogP contribution in [0.4, 0.5) is 0 Å². The van der Waals surface area contributed by atoms with E-state index in [0.29, 0.717) is 53.8 Å². The van der Waals surface area contributed by atoms with E-state index in [1.165, 1.54) is 63.9 Å². The summed E-state index contributed by atoms with van der Waals surface area (Å²) in [5.41, 5.74) is 9.24. The summed E-state index contributed by atoms with van der Waals surface area (Å²) in [6.45, 7) is 4.62. The summed E-state index contributed by atoms with van der Waals surface area (Å²) in [4.78, 5) is 51.0. The Morgan fingerprint density at radius 2 is 1.31 bits per heavy atom. The molecule has 12 nitrogen and oxygen atoms in total. The SMILES string of the molecule is CCOC(=O)C(Br)CBr.CCOC(=O)C1Cn2c(c(C3CCCCC3)c3ccc(C(=O)OC)cc32)-c2ccccc2O1.COC(=O)c1ccc2c(C3CCCCC3)c(-c3ccccc3O)[nH]c2c1. The number of para-hydroxylation sites is 2. The van der Waals surface area contributed by atoms with Crippen molar-refractivity contribution in [3.8, 4) is 34.0 Å². The van der Waals surface area contributed by atoms with E-state index in [1.807, 2.05) is 72.8 Å². The number of ether oxygens (including phenoxy) is 5. The van der Waals surface area contributed by atoms with Crippen molar-refractivity contribution in [2.75, 3.05) is 32.8 Å². The molecule has 9 rings (SSSR count). The van der Waals surface area contributed by atoms with Crippen LogP contribution in [-0.2, 0) is 35.1 Å². The van der Waals surface area contributed by atoms with Crippen molar-refractivity contribution in [2.24, 2.45) is 0 Å². The molecule has 3 aliphatic rings. The number of halogens is 2. The van der Waals surface area contributed by atoms with Crippen molar-refractivity contribution >= 4 is 77.5 Å². The first-order valence-electron chi connectivity index (χ1n) is 23.6. The molecule has 14 heteroatoms. The number of nitrogens with one attached hydrogen (secondary N) is 1. The van der Waals surface area contributed by atoms with Crippen LogP contribution in [-0.4, -0.2) is 82.2 Å². The van der Waals surface area contributed by atoms with E-state index < -0.39 is 6.10 Å². The van der Waals surface area contributed by atoms with Gasteiger partial charge < -0.3 is 38.3 Å². The Morgan fingerprint density at radius 3 is 1.91 bits per heavy atom. The molecule has 3 heterocycles. The number of benzene rings is 4. The van der Waals surface area contributed by atoms with Crippen molar-refractivity contribution in [3.05, 3.63) is 107 Å². The molecule has 2 fully saturated rings. The lowest BCUT2D eigenvalue weighted by molar-refractivity contribution is -0.152. The molecule has 0 radical (unpaired) electrons. The first-order chi connectivity index (χ1) is 33.0. The van der Waals surface area contributed by atoms with E-state index in [2.05, 4.69) is 52.2 Å². The number of phenolic OH excluding ortho intramolecular Hbond substituents is 1. The third-order valence-electron chi connectivity index (χ3n) is 13.0. The van der Waals surface area contributed by atoms with Crippen LogP contribution in [0.3, 0.4) is 0 Å². The minimum atomic E-state index is -0.774. The lowest BCUT2D eigenvalue weighted by Gasteiger charge is -2.23. The summed E-state index contributed by atoms with van der Waals surface area (Å²) >= 11 is 6.26. The Bertz CT molecular complexity index is 2730. The number of aromatic nitrogens is 2. The smallest absolute Gasteiger partial charge is 0.349 e. The third kappa shape index (κ3) is 11.1. The molecular weight excluding hydrogens is 996 g/mol. The van der Waals surface area contributed by atoms with Crippen molar-refractivity contribution in [2.45, 2.75) is 107 Å². The monoisotopic (exact) mass is 1050 g/mol. The molecule has 360 valence electrons. The van der Waals surface area contributed by atoms with Crippen LogP contribution in [0.5, 0.6) is 11.5 Å². The van der Waals surface area contributed by atoms with E-state index in [1.54, 1.807) is 19.9 Å². The minimum Gasteiger partial charge on any atom is -0.507 e. The fourth-order valence-corrected chi connectivity index (χ4v) is 10.3.